The third-order valence-electron chi connectivity index (χ3n) is 11.6. The van der Waals surface area contributed by atoms with Gasteiger partial charge in [-0.1, -0.05) is 191 Å². The van der Waals surface area contributed by atoms with Gasteiger partial charge in [-0.05, 0) is 33.1 Å². The molecule has 284 valence electrons. The summed E-state index contributed by atoms with van der Waals surface area (Å²) in [6, 6.07) is 45.9. The molecule has 6 rings (SSSR count). The van der Waals surface area contributed by atoms with E-state index >= 15 is 0 Å². The molecule has 2 heteroatoms. The largest absolute Gasteiger partial charge is 4.00 e. The minimum absolute atomic E-state index is 0. The SMILES string of the molecule is CCCCCC[Si](CCCCCC)(c1cc2c(-c3ccc(C(C)(C)C)cc3)cccc2[cH-]1)c1cc2c(-c3ccc(C(C)(C)C)cc3)cccc2[cH-]1.[CH3-].[CH3-].[Hf+4]. The molecule has 0 aromatic heterocycles. The molecule has 0 aliphatic rings. The molecule has 0 saturated carbocycles. The van der Waals surface area contributed by atoms with Crippen LogP contribution < -0.4 is 10.4 Å². The third kappa shape index (κ3) is 9.94. The van der Waals surface area contributed by atoms with Crippen molar-refractivity contribution in [1.82, 2.24) is 0 Å². The molecule has 6 aromatic rings. The van der Waals surface area contributed by atoms with E-state index in [1.807, 2.05) is 0 Å². The first-order chi connectivity index (χ1) is 24.4. The van der Waals surface area contributed by atoms with Crippen molar-refractivity contribution in [3.8, 4) is 22.3 Å². The molecule has 0 fully saturated rings. The van der Waals surface area contributed by atoms with Gasteiger partial charge in [-0.15, -0.1) is 68.3 Å². The Bertz CT molecular complexity index is 1870. The van der Waals surface area contributed by atoms with Crippen molar-refractivity contribution in [3.63, 3.8) is 0 Å². The average molecular weight is 900 g/mol. The zero-order valence-electron chi connectivity index (χ0n) is 35.5. The Hall–Kier alpha value is -2.81. The van der Waals surface area contributed by atoms with Crippen molar-refractivity contribution in [2.75, 3.05) is 0 Å². The van der Waals surface area contributed by atoms with E-state index < -0.39 is 8.07 Å². The first kappa shape index (κ1) is 45.6. The molecule has 0 heterocycles. The van der Waals surface area contributed by atoms with Crippen LogP contribution in [0.4, 0.5) is 0 Å². The second-order valence-corrected chi connectivity index (χ2v) is 21.8. The Morgan fingerprint density at radius 2 is 0.852 bits per heavy atom. The van der Waals surface area contributed by atoms with Gasteiger partial charge in [0, 0.05) is 0 Å². The summed E-state index contributed by atoms with van der Waals surface area (Å²) in [5.41, 5.74) is 8.46. The summed E-state index contributed by atoms with van der Waals surface area (Å²) in [4.78, 5) is 0. The van der Waals surface area contributed by atoms with E-state index in [1.165, 1.54) is 118 Å². The molecule has 0 aliphatic heterocycles. The molecule has 0 amide bonds. The van der Waals surface area contributed by atoms with Gasteiger partial charge in [0.05, 0.1) is 8.07 Å². The van der Waals surface area contributed by atoms with Crippen molar-refractivity contribution >= 4 is 40.0 Å². The van der Waals surface area contributed by atoms with Crippen molar-refractivity contribution in [1.29, 1.82) is 0 Å². The predicted molar refractivity (Wildman–Crippen MR) is 243 cm³/mol. The van der Waals surface area contributed by atoms with E-state index in [1.54, 1.807) is 10.4 Å². The number of benzene rings is 4. The van der Waals surface area contributed by atoms with Crippen LogP contribution in [0, 0.1) is 14.9 Å². The van der Waals surface area contributed by atoms with Gasteiger partial charge < -0.3 is 14.9 Å². The number of unbranched alkanes of at least 4 members (excludes halogenated alkanes) is 6. The van der Waals surface area contributed by atoms with Crippen molar-refractivity contribution in [3.05, 3.63) is 135 Å². The summed E-state index contributed by atoms with van der Waals surface area (Å²) in [7, 11) is -2.13. The van der Waals surface area contributed by atoms with Gasteiger partial charge in [-0.2, -0.15) is 12.1 Å². The topological polar surface area (TPSA) is 0 Å². The normalized spacial score (nSPS) is 12.0. The molecule has 0 saturated heterocycles. The number of hydrogen-bond acceptors (Lipinski definition) is 0. The van der Waals surface area contributed by atoms with Gasteiger partial charge in [-0.3, -0.25) is 0 Å². The van der Waals surface area contributed by atoms with Gasteiger partial charge in [0.2, 0.25) is 0 Å². The van der Waals surface area contributed by atoms with Crippen molar-refractivity contribution < 1.29 is 25.8 Å². The summed E-state index contributed by atoms with van der Waals surface area (Å²) in [6.07, 6.45) is 10.5. The second kappa shape index (κ2) is 19.4. The first-order valence-electron chi connectivity index (χ1n) is 20.1. The Morgan fingerprint density at radius 1 is 0.481 bits per heavy atom. The fourth-order valence-electron chi connectivity index (χ4n) is 8.40. The number of rotatable bonds is 14. The van der Waals surface area contributed by atoms with Crippen LogP contribution in [-0.2, 0) is 36.7 Å². The molecule has 0 unspecified atom stereocenters. The summed E-state index contributed by atoms with van der Waals surface area (Å²) in [6.45, 7) is 18.5. The minimum atomic E-state index is -2.13. The van der Waals surface area contributed by atoms with Gasteiger partial charge in [-0.25, -0.2) is 0 Å². The molecule has 0 radical (unpaired) electrons. The first-order valence-corrected chi connectivity index (χ1v) is 22.5. The van der Waals surface area contributed by atoms with E-state index in [9.17, 15) is 0 Å². The Balaban J connectivity index is 0.00000261. The van der Waals surface area contributed by atoms with Crippen LogP contribution in [0.2, 0.25) is 12.1 Å². The van der Waals surface area contributed by atoms with Gasteiger partial charge in [0.25, 0.3) is 0 Å². The van der Waals surface area contributed by atoms with E-state index in [2.05, 4.69) is 165 Å². The van der Waals surface area contributed by atoms with Crippen LogP contribution in [0.15, 0.2) is 109 Å². The molecule has 0 atom stereocenters. The second-order valence-electron chi connectivity index (χ2n) is 17.5. The Labute approximate surface area is 350 Å². The van der Waals surface area contributed by atoms with E-state index in [4.69, 9.17) is 0 Å². The summed E-state index contributed by atoms with van der Waals surface area (Å²) < 4.78 is 0. The number of hydrogen-bond donors (Lipinski definition) is 0. The standard InChI is InChI=1S/C50H62Si.2CH3.Hf/c1-9-11-13-15-31-51(32-16-14-12-10-2,43-33-39-19-17-21-45(47(39)35-43)37-23-27-41(28-24-37)49(3,4)5)44-34-40-20-18-22-46(48(40)36-44)38-25-29-42(30-26-38)50(6,7)8;;;/h17-30,33-36H,9-16,31-32H2,1-8H3;2*1H3;/q-2;2*-1;+4. The molecule has 6 aromatic carbocycles. The maximum atomic E-state index is 2.65. The minimum Gasteiger partial charge on any atom is -0.358 e. The van der Waals surface area contributed by atoms with E-state index in [0.29, 0.717) is 0 Å². The van der Waals surface area contributed by atoms with Crippen LogP contribution >= 0.6 is 0 Å². The zero-order chi connectivity index (χ0) is 36.2. The van der Waals surface area contributed by atoms with E-state index in [-0.39, 0.29) is 51.5 Å². The smallest absolute Gasteiger partial charge is 0.358 e. The monoisotopic (exact) mass is 900 g/mol. The summed E-state index contributed by atoms with van der Waals surface area (Å²) in [5, 5.41) is 8.94. The van der Waals surface area contributed by atoms with Crippen molar-refractivity contribution in [2.45, 2.75) is 130 Å². The van der Waals surface area contributed by atoms with Gasteiger partial charge >= 0.3 is 25.8 Å². The fourth-order valence-corrected chi connectivity index (χ4v) is 13.6. The average Bonchev–Trinajstić information content (AvgIpc) is 3.76. The molecular weight excluding hydrogens is 831 g/mol. The summed E-state index contributed by atoms with van der Waals surface area (Å²) >= 11 is 0. The van der Waals surface area contributed by atoms with Crippen molar-refractivity contribution in [2.24, 2.45) is 0 Å². The van der Waals surface area contributed by atoms with Gasteiger partial charge in [0.1, 0.15) is 0 Å². The fraction of sp³-hybridized carbons (Fsp3) is 0.385. The molecule has 0 spiro atoms. The molecule has 0 bridgehead atoms. The van der Waals surface area contributed by atoms with Gasteiger partial charge in [0.15, 0.2) is 0 Å². The summed E-state index contributed by atoms with van der Waals surface area (Å²) in [5.74, 6) is 0. The maximum Gasteiger partial charge on any atom is 4.00 e. The third-order valence-corrected chi connectivity index (χ3v) is 16.8. The Kier molecular flexibility index (Phi) is 16.3. The maximum absolute atomic E-state index is 2.65. The van der Waals surface area contributed by atoms with Crippen LogP contribution in [0.5, 0.6) is 0 Å². The molecule has 0 aliphatic carbocycles. The number of fused-ring (bicyclic) bond motifs is 2. The van der Waals surface area contributed by atoms with Crippen LogP contribution in [0.3, 0.4) is 0 Å². The van der Waals surface area contributed by atoms with Crippen LogP contribution in [0.1, 0.15) is 118 Å². The molecule has 0 nitrogen and oxygen atoms in total. The molecule has 54 heavy (non-hydrogen) atoms. The van der Waals surface area contributed by atoms with Crippen LogP contribution in [-0.4, -0.2) is 8.07 Å². The molecule has 0 N–H and O–H groups in total. The van der Waals surface area contributed by atoms with E-state index in [0.717, 1.165) is 0 Å². The zero-order valence-corrected chi connectivity index (χ0v) is 40.1. The quantitative estimate of drug-likeness (QED) is 0.0580. The predicted octanol–water partition coefficient (Wildman–Crippen LogP) is 15.0. The van der Waals surface area contributed by atoms with Crippen LogP contribution in [0.25, 0.3) is 43.8 Å². The molecular formula is C52H68HfSi. The Morgan fingerprint density at radius 3 is 1.19 bits per heavy atom.